The molecule has 18 heavy (non-hydrogen) atoms. The van der Waals surface area contributed by atoms with E-state index in [-0.39, 0.29) is 11.0 Å². The molecular weight excluding hydrogens is 326 g/mol. The van der Waals surface area contributed by atoms with E-state index in [9.17, 15) is 13.6 Å². The number of hydrogen-bond acceptors (Lipinski definition) is 3. The van der Waals surface area contributed by atoms with Gasteiger partial charge in [-0.3, -0.25) is 4.79 Å². The van der Waals surface area contributed by atoms with Crippen molar-refractivity contribution in [3.8, 4) is 0 Å². The second-order valence-corrected chi connectivity index (χ2v) is 5.25. The van der Waals surface area contributed by atoms with E-state index in [2.05, 4.69) is 26.2 Å². The number of carbonyl (C=O) groups excluding carboxylic acids is 1. The van der Waals surface area contributed by atoms with Crippen LogP contribution in [0.2, 0.25) is 0 Å². The van der Waals surface area contributed by atoms with Gasteiger partial charge in [-0.15, -0.1) is 11.3 Å². The first-order chi connectivity index (χ1) is 8.58. The summed E-state index contributed by atoms with van der Waals surface area (Å²) in [5.74, 6) is -2.61. The fourth-order valence-electron chi connectivity index (χ4n) is 1.34. The van der Waals surface area contributed by atoms with Crippen LogP contribution in [0.15, 0.2) is 28.2 Å². The lowest BCUT2D eigenvalue weighted by Crippen LogP contribution is -2.25. The summed E-state index contributed by atoms with van der Waals surface area (Å²) in [6.07, 6.45) is 1.59. The molecule has 0 aliphatic heterocycles. The summed E-state index contributed by atoms with van der Waals surface area (Å²) in [6, 6.07) is 2.09. The lowest BCUT2D eigenvalue weighted by molar-refractivity contribution is 0.0942. The van der Waals surface area contributed by atoms with Gasteiger partial charge in [-0.05, 0) is 12.1 Å². The normalized spacial score (nSPS) is 10.4. The molecular formula is C11H7BrF2N2OS. The number of hydrogen-bond donors (Lipinski definition) is 1. The Bertz CT molecular complexity index is 551. The third-order valence-corrected chi connectivity index (χ3v) is 3.36. The van der Waals surface area contributed by atoms with Gasteiger partial charge in [-0.1, -0.05) is 15.9 Å². The summed E-state index contributed by atoms with van der Waals surface area (Å²) in [7, 11) is 0. The van der Waals surface area contributed by atoms with Crippen molar-refractivity contribution in [1.82, 2.24) is 10.3 Å². The molecule has 0 spiro atoms. The number of thiazole rings is 1. The van der Waals surface area contributed by atoms with Crippen LogP contribution in [0.25, 0.3) is 0 Å². The van der Waals surface area contributed by atoms with Crippen LogP contribution in [0.5, 0.6) is 0 Å². The van der Waals surface area contributed by atoms with Crippen molar-refractivity contribution in [2.45, 2.75) is 6.54 Å². The monoisotopic (exact) mass is 332 g/mol. The molecule has 0 atom stereocenters. The van der Waals surface area contributed by atoms with Crippen molar-refractivity contribution in [3.63, 3.8) is 0 Å². The maximum absolute atomic E-state index is 13.5. The SMILES string of the molecule is O=C(NCc1nccs1)c1c(F)cc(Br)cc1F. The zero-order valence-electron chi connectivity index (χ0n) is 8.91. The lowest BCUT2D eigenvalue weighted by Gasteiger charge is -2.06. The van der Waals surface area contributed by atoms with Gasteiger partial charge >= 0.3 is 0 Å². The topological polar surface area (TPSA) is 42.0 Å². The second-order valence-electron chi connectivity index (χ2n) is 3.35. The molecule has 0 unspecified atom stereocenters. The van der Waals surface area contributed by atoms with E-state index < -0.39 is 23.1 Å². The van der Waals surface area contributed by atoms with E-state index in [0.29, 0.717) is 5.01 Å². The second kappa shape index (κ2) is 5.53. The average Bonchev–Trinajstić information content (AvgIpc) is 2.77. The fraction of sp³-hybridized carbons (Fsp3) is 0.0909. The molecule has 1 N–H and O–H groups in total. The molecule has 1 aromatic heterocycles. The molecule has 1 heterocycles. The molecule has 2 aromatic rings. The summed E-state index contributed by atoms with van der Waals surface area (Å²) in [4.78, 5) is 15.6. The van der Waals surface area contributed by atoms with Crippen molar-refractivity contribution in [1.29, 1.82) is 0 Å². The predicted octanol–water partition coefficient (Wildman–Crippen LogP) is 3.11. The Morgan fingerprint density at radius 2 is 2.06 bits per heavy atom. The number of nitrogens with one attached hydrogen (secondary N) is 1. The molecule has 0 fully saturated rings. The van der Waals surface area contributed by atoms with Gasteiger partial charge in [0.2, 0.25) is 0 Å². The molecule has 0 saturated heterocycles. The van der Waals surface area contributed by atoms with E-state index in [1.165, 1.54) is 11.3 Å². The fourth-order valence-corrected chi connectivity index (χ4v) is 2.30. The van der Waals surface area contributed by atoms with Crippen LogP contribution >= 0.6 is 27.3 Å². The molecule has 0 bridgehead atoms. The van der Waals surface area contributed by atoms with Gasteiger partial charge in [-0.2, -0.15) is 0 Å². The van der Waals surface area contributed by atoms with Crippen molar-refractivity contribution in [3.05, 3.63) is 50.4 Å². The molecule has 7 heteroatoms. The number of amides is 1. The molecule has 1 amide bonds. The molecule has 0 aliphatic carbocycles. The van der Waals surface area contributed by atoms with Gasteiger partial charge in [-0.25, -0.2) is 13.8 Å². The highest BCUT2D eigenvalue weighted by Crippen LogP contribution is 2.19. The third kappa shape index (κ3) is 2.91. The Kier molecular flexibility index (Phi) is 4.03. The van der Waals surface area contributed by atoms with Crippen LogP contribution in [-0.2, 0) is 6.54 Å². The highest BCUT2D eigenvalue weighted by atomic mass is 79.9. The molecule has 0 saturated carbocycles. The average molecular weight is 333 g/mol. The zero-order valence-corrected chi connectivity index (χ0v) is 11.3. The smallest absolute Gasteiger partial charge is 0.257 e. The summed E-state index contributed by atoms with van der Waals surface area (Å²) < 4.78 is 27.2. The van der Waals surface area contributed by atoms with Gasteiger partial charge < -0.3 is 5.32 Å². The van der Waals surface area contributed by atoms with Crippen LogP contribution in [0.1, 0.15) is 15.4 Å². The largest absolute Gasteiger partial charge is 0.345 e. The number of halogens is 3. The number of nitrogens with zero attached hydrogens (tertiary/aromatic N) is 1. The molecule has 94 valence electrons. The third-order valence-electron chi connectivity index (χ3n) is 2.12. The van der Waals surface area contributed by atoms with Crippen LogP contribution < -0.4 is 5.32 Å². The summed E-state index contributed by atoms with van der Waals surface area (Å²) >= 11 is 4.30. The molecule has 0 aliphatic rings. The van der Waals surface area contributed by atoms with Gasteiger partial charge in [0.05, 0.1) is 6.54 Å². The van der Waals surface area contributed by atoms with Crippen molar-refractivity contribution in [2.24, 2.45) is 0 Å². The molecule has 2 rings (SSSR count). The Balaban J connectivity index is 2.14. The number of benzene rings is 1. The van der Waals surface area contributed by atoms with E-state index >= 15 is 0 Å². The highest BCUT2D eigenvalue weighted by Gasteiger charge is 2.18. The Labute approximate surface area is 114 Å². The van der Waals surface area contributed by atoms with Crippen molar-refractivity contribution in [2.75, 3.05) is 0 Å². The number of carbonyl (C=O) groups is 1. The molecule has 1 aromatic carbocycles. The van der Waals surface area contributed by atoms with Crippen LogP contribution in [-0.4, -0.2) is 10.9 Å². The van der Waals surface area contributed by atoms with Gasteiger partial charge in [0, 0.05) is 16.0 Å². The summed E-state index contributed by atoms with van der Waals surface area (Å²) in [5.41, 5.74) is -0.588. The molecule has 0 radical (unpaired) electrons. The first-order valence-corrected chi connectivity index (χ1v) is 6.56. The summed E-state index contributed by atoms with van der Waals surface area (Å²) in [6.45, 7) is 0.144. The Morgan fingerprint density at radius 1 is 1.39 bits per heavy atom. The summed E-state index contributed by atoms with van der Waals surface area (Å²) in [5, 5.41) is 4.84. The van der Waals surface area contributed by atoms with E-state index in [1.54, 1.807) is 11.6 Å². The zero-order chi connectivity index (χ0) is 13.1. The van der Waals surface area contributed by atoms with E-state index in [4.69, 9.17) is 0 Å². The minimum absolute atomic E-state index is 0.144. The van der Waals surface area contributed by atoms with Crippen LogP contribution in [0.3, 0.4) is 0 Å². The number of rotatable bonds is 3. The minimum Gasteiger partial charge on any atom is -0.345 e. The highest BCUT2D eigenvalue weighted by molar-refractivity contribution is 9.10. The van der Waals surface area contributed by atoms with E-state index in [0.717, 1.165) is 12.1 Å². The van der Waals surface area contributed by atoms with Gasteiger partial charge in [0.15, 0.2) is 0 Å². The van der Waals surface area contributed by atoms with E-state index in [1.807, 2.05) is 0 Å². The maximum Gasteiger partial charge on any atom is 0.257 e. The number of aromatic nitrogens is 1. The van der Waals surface area contributed by atoms with Gasteiger partial charge in [0.25, 0.3) is 5.91 Å². The van der Waals surface area contributed by atoms with Crippen molar-refractivity contribution < 1.29 is 13.6 Å². The molecule has 3 nitrogen and oxygen atoms in total. The Hall–Kier alpha value is -1.34. The minimum atomic E-state index is -0.904. The quantitative estimate of drug-likeness (QED) is 0.938. The van der Waals surface area contributed by atoms with Crippen molar-refractivity contribution >= 4 is 33.2 Å². The van der Waals surface area contributed by atoms with Gasteiger partial charge in [0.1, 0.15) is 22.2 Å². The predicted molar refractivity (Wildman–Crippen MR) is 67.3 cm³/mol. The standard InChI is InChI=1S/C11H7BrF2N2OS/c12-6-3-7(13)10(8(14)4-6)11(17)16-5-9-15-1-2-18-9/h1-4H,5H2,(H,16,17). The van der Waals surface area contributed by atoms with Crippen LogP contribution in [0.4, 0.5) is 8.78 Å². The lowest BCUT2D eigenvalue weighted by atomic mass is 10.2. The van der Waals surface area contributed by atoms with Crippen LogP contribution in [0, 0.1) is 11.6 Å². The first kappa shape index (κ1) is 13.1. The Morgan fingerprint density at radius 3 is 2.61 bits per heavy atom. The first-order valence-electron chi connectivity index (χ1n) is 4.89. The maximum atomic E-state index is 13.5.